The molecule has 31 heavy (non-hydrogen) atoms. The molecule has 0 atom stereocenters. The topological polar surface area (TPSA) is 84.7 Å². The molecule has 0 radical (unpaired) electrons. The zero-order chi connectivity index (χ0) is 21.0. The second kappa shape index (κ2) is 8.61. The molecule has 0 bridgehead atoms. The van der Waals surface area contributed by atoms with Gasteiger partial charge in [-0.15, -0.1) is 0 Å². The van der Waals surface area contributed by atoms with Crippen molar-refractivity contribution in [1.82, 2.24) is 24.8 Å². The normalized spacial score (nSPS) is 11.9. The fourth-order valence-electron chi connectivity index (χ4n) is 3.41. The highest BCUT2D eigenvalue weighted by molar-refractivity contribution is 7.99. The van der Waals surface area contributed by atoms with Crippen LogP contribution in [0.25, 0.3) is 0 Å². The van der Waals surface area contributed by atoms with E-state index in [9.17, 15) is 4.79 Å². The Hall–Kier alpha value is -3.65. The molecule has 154 valence electrons. The first-order valence-electron chi connectivity index (χ1n) is 9.97. The van der Waals surface area contributed by atoms with Crippen LogP contribution in [-0.4, -0.2) is 32.0 Å². The molecule has 0 aliphatic carbocycles. The number of amides is 1. The highest BCUT2D eigenvalue weighted by Crippen LogP contribution is 2.42. The molecule has 0 spiro atoms. The van der Waals surface area contributed by atoms with Crippen molar-refractivity contribution in [2.45, 2.75) is 22.9 Å². The molecule has 4 aromatic rings. The summed E-state index contributed by atoms with van der Waals surface area (Å²) < 4.78 is 2.06. The van der Waals surface area contributed by atoms with Crippen LogP contribution in [-0.2, 0) is 13.0 Å². The third kappa shape index (κ3) is 4.44. The molecule has 0 fully saturated rings. The first-order valence-corrected chi connectivity index (χ1v) is 10.8. The molecule has 1 aliphatic rings. The van der Waals surface area contributed by atoms with Crippen molar-refractivity contribution >= 4 is 29.2 Å². The SMILES string of the molecule is O=C(NCCc1cn(Cc2ccc3c(c2)Nc2nccnc2S3)cn1)c1ccccc1. The van der Waals surface area contributed by atoms with Gasteiger partial charge in [-0.1, -0.05) is 36.0 Å². The summed E-state index contributed by atoms with van der Waals surface area (Å²) in [5, 5.41) is 7.19. The van der Waals surface area contributed by atoms with Gasteiger partial charge in [0.05, 0.1) is 17.7 Å². The number of rotatable bonds is 6. The monoisotopic (exact) mass is 428 g/mol. The van der Waals surface area contributed by atoms with E-state index in [1.807, 2.05) is 30.7 Å². The van der Waals surface area contributed by atoms with Gasteiger partial charge in [0.2, 0.25) is 0 Å². The Morgan fingerprint density at radius 3 is 2.84 bits per heavy atom. The van der Waals surface area contributed by atoms with Crippen molar-refractivity contribution in [2.24, 2.45) is 0 Å². The smallest absolute Gasteiger partial charge is 0.251 e. The molecular weight excluding hydrogens is 408 g/mol. The number of imidazole rings is 1. The van der Waals surface area contributed by atoms with Crippen LogP contribution >= 0.6 is 11.8 Å². The van der Waals surface area contributed by atoms with Gasteiger partial charge in [-0.05, 0) is 29.8 Å². The average molecular weight is 429 g/mol. The molecule has 2 N–H and O–H groups in total. The third-order valence-electron chi connectivity index (χ3n) is 4.92. The molecule has 0 unspecified atom stereocenters. The summed E-state index contributed by atoms with van der Waals surface area (Å²) in [6, 6.07) is 15.6. The summed E-state index contributed by atoms with van der Waals surface area (Å²) in [7, 11) is 0. The largest absolute Gasteiger partial charge is 0.352 e. The minimum Gasteiger partial charge on any atom is -0.352 e. The zero-order valence-corrected chi connectivity index (χ0v) is 17.5. The molecule has 1 amide bonds. The van der Waals surface area contributed by atoms with Gasteiger partial charge < -0.3 is 15.2 Å². The van der Waals surface area contributed by atoms with Gasteiger partial charge in [-0.2, -0.15) is 0 Å². The molecule has 8 heteroatoms. The Labute approximate surface area is 184 Å². The number of carbonyl (C=O) groups is 1. The van der Waals surface area contributed by atoms with E-state index in [1.165, 1.54) is 5.56 Å². The summed E-state index contributed by atoms with van der Waals surface area (Å²) >= 11 is 1.62. The second-order valence-electron chi connectivity index (χ2n) is 7.18. The average Bonchev–Trinajstić information content (AvgIpc) is 3.25. The van der Waals surface area contributed by atoms with Crippen LogP contribution in [0.4, 0.5) is 11.5 Å². The fraction of sp³-hybridized carbons (Fsp3) is 0.130. The predicted octanol–water partition coefficient (Wildman–Crippen LogP) is 3.90. The molecule has 0 saturated carbocycles. The summed E-state index contributed by atoms with van der Waals surface area (Å²) in [6.07, 6.45) is 7.93. The maximum atomic E-state index is 12.1. The molecular formula is C23H20N6OS. The number of nitrogens with zero attached hydrogens (tertiary/aromatic N) is 4. The van der Waals surface area contributed by atoms with E-state index in [2.05, 4.69) is 48.4 Å². The van der Waals surface area contributed by atoms with Gasteiger partial charge in [0.15, 0.2) is 5.82 Å². The molecule has 2 aromatic heterocycles. The van der Waals surface area contributed by atoms with Crippen LogP contribution in [0, 0.1) is 0 Å². The number of benzene rings is 2. The lowest BCUT2D eigenvalue weighted by Crippen LogP contribution is -2.25. The number of aromatic nitrogens is 4. The fourth-order valence-corrected chi connectivity index (χ4v) is 4.29. The van der Waals surface area contributed by atoms with Gasteiger partial charge in [-0.3, -0.25) is 4.79 Å². The molecule has 0 saturated heterocycles. The third-order valence-corrected chi connectivity index (χ3v) is 5.99. The Balaban J connectivity index is 1.18. The summed E-state index contributed by atoms with van der Waals surface area (Å²) in [5.74, 6) is 0.727. The molecule has 1 aliphatic heterocycles. The van der Waals surface area contributed by atoms with E-state index in [4.69, 9.17) is 0 Å². The molecule has 5 rings (SSSR count). The van der Waals surface area contributed by atoms with Gasteiger partial charge in [0.25, 0.3) is 5.91 Å². The standard InChI is InChI=1S/C23H20N6OS/c30-22(17-4-2-1-3-5-17)25-9-8-18-14-29(15-27-18)13-16-6-7-20-19(12-16)28-21-23(31-20)26-11-10-24-21/h1-7,10-12,14-15H,8-9,13H2,(H,24,28)(H,25,30). The van der Waals surface area contributed by atoms with E-state index >= 15 is 0 Å². The van der Waals surface area contributed by atoms with Crippen molar-refractivity contribution in [3.8, 4) is 0 Å². The van der Waals surface area contributed by atoms with Crippen molar-refractivity contribution in [3.63, 3.8) is 0 Å². The Morgan fingerprint density at radius 1 is 1.06 bits per heavy atom. The maximum absolute atomic E-state index is 12.1. The number of anilines is 2. The van der Waals surface area contributed by atoms with Gasteiger partial charge in [0, 0.05) is 48.6 Å². The zero-order valence-electron chi connectivity index (χ0n) is 16.7. The first-order chi connectivity index (χ1) is 15.2. The van der Waals surface area contributed by atoms with Crippen molar-refractivity contribution in [1.29, 1.82) is 0 Å². The lowest BCUT2D eigenvalue weighted by atomic mass is 10.2. The van der Waals surface area contributed by atoms with E-state index in [0.717, 1.165) is 33.7 Å². The second-order valence-corrected chi connectivity index (χ2v) is 8.21. The van der Waals surface area contributed by atoms with E-state index in [1.54, 1.807) is 36.3 Å². The quantitative estimate of drug-likeness (QED) is 0.427. The van der Waals surface area contributed by atoms with Crippen molar-refractivity contribution < 1.29 is 4.79 Å². The van der Waals surface area contributed by atoms with E-state index in [0.29, 0.717) is 18.5 Å². The lowest BCUT2D eigenvalue weighted by Gasteiger charge is -2.19. The van der Waals surface area contributed by atoms with Gasteiger partial charge in [0.1, 0.15) is 5.03 Å². The van der Waals surface area contributed by atoms with Crippen LogP contribution in [0.5, 0.6) is 0 Å². The predicted molar refractivity (Wildman–Crippen MR) is 120 cm³/mol. The molecule has 7 nitrogen and oxygen atoms in total. The van der Waals surface area contributed by atoms with Crippen LogP contribution in [0.3, 0.4) is 0 Å². The number of nitrogens with one attached hydrogen (secondary N) is 2. The van der Waals surface area contributed by atoms with Crippen LogP contribution < -0.4 is 10.6 Å². The molecule has 2 aromatic carbocycles. The number of hydrogen-bond acceptors (Lipinski definition) is 6. The summed E-state index contributed by atoms with van der Waals surface area (Å²) in [4.78, 5) is 26.5. The van der Waals surface area contributed by atoms with Crippen LogP contribution in [0.15, 0.2) is 83.4 Å². The maximum Gasteiger partial charge on any atom is 0.251 e. The van der Waals surface area contributed by atoms with Gasteiger partial charge in [-0.25, -0.2) is 15.0 Å². The van der Waals surface area contributed by atoms with E-state index in [-0.39, 0.29) is 5.91 Å². The minimum atomic E-state index is -0.0641. The number of hydrogen-bond donors (Lipinski definition) is 2. The van der Waals surface area contributed by atoms with Crippen molar-refractivity contribution in [2.75, 3.05) is 11.9 Å². The Bertz CT molecular complexity index is 1220. The molecule has 3 heterocycles. The Morgan fingerprint density at radius 2 is 1.94 bits per heavy atom. The first kappa shape index (κ1) is 19.3. The highest BCUT2D eigenvalue weighted by atomic mass is 32.2. The lowest BCUT2D eigenvalue weighted by molar-refractivity contribution is 0.0954. The van der Waals surface area contributed by atoms with Crippen LogP contribution in [0.1, 0.15) is 21.6 Å². The highest BCUT2D eigenvalue weighted by Gasteiger charge is 2.17. The van der Waals surface area contributed by atoms with Crippen molar-refractivity contribution in [3.05, 3.63) is 90.3 Å². The number of carbonyl (C=O) groups excluding carboxylic acids is 1. The minimum absolute atomic E-state index is 0.0641. The van der Waals surface area contributed by atoms with Crippen LogP contribution in [0.2, 0.25) is 0 Å². The van der Waals surface area contributed by atoms with Gasteiger partial charge >= 0.3 is 0 Å². The summed E-state index contributed by atoms with van der Waals surface area (Å²) in [5.41, 5.74) is 3.82. The summed E-state index contributed by atoms with van der Waals surface area (Å²) in [6.45, 7) is 1.27. The van der Waals surface area contributed by atoms with E-state index < -0.39 is 0 Å². The number of fused-ring (bicyclic) bond motifs is 2. The Kier molecular flexibility index (Phi) is 5.37.